The molecule has 0 unspecified atom stereocenters. The fourth-order valence-corrected chi connectivity index (χ4v) is 2.02. The van der Waals surface area contributed by atoms with Gasteiger partial charge in [-0.1, -0.05) is 0 Å². The third kappa shape index (κ3) is 2.64. The van der Waals surface area contributed by atoms with Gasteiger partial charge in [0, 0.05) is 13.0 Å². The summed E-state index contributed by atoms with van der Waals surface area (Å²) in [5.74, 6) is -0.287. The fourth-order valence-electron chi connectivity index (χ4n) is 1.54. The van der Waals surface area contributed by atoms with Crippen molar-refractivity contribution in [2.24, 2.45) is 0 Å². The zero-order valence-corrected chi connectivity index (χ0v) is 10.6. The Hall–Kier alpha value is -2.19. The summed E-state index contributed by atoms with van der Waals surface area (Å²) in [5.41, 5.74) is 0.0681. The van der Waals surface area contributed by atoms with E-state index >= 15 is 0 Å². The lowest BCUT2D eigenvalue weighted by Gasteiger charge is -2.02. The Bertz CT molecular complexity index is 783. The van der Waals surface area contributed by atoms with Gasteiger partial charge in [0.05, 0.1) is 10.6 Å². The minimum Gasteiger partial charge on any atom is -0.293 e. The number of carbonyl (C=O) groups is 1. The van der Waals surface area contributed by atoms with Gasteiger partial charge in [-0.15, -0.1) is 0 Å². The quantitative estimate of drug-likeness (QED) is 0.633. The van der Waals surface area contributed by atoms with Crippen molar-refractivity contribution < 1.29 is 17.8 Å². The topological polar surface area (TPSA) is 109 Å². The monoisotopic (exact) mass is 282 g/mol. The molecule has 8 heteroatoms. The Morgan fingerprint density at radius 3 is 2.26 bits per heavy atom. The van der Waals surface area contributed by atoms with Crippen LogP contribution in [-0.2, 0) is 10.1 Å². The van der Waals surface area contributed by atoms with Gasteiger partial charge in [0.25, 0.3) is 15.7 Å². The molecule has 7 nitrogen and oxygen atoms in total. The molecular weight excluding hydrogens is 272 g/mol. The van der Waals surface area contributed by atoms with E-state index in [-0.39, 0.29) is 16.4 Å². The molecule has 0 atom stereocenters. The molecular formula is C11H10N2O5S. The summed E-state index contributed by atoms with van der Waals surface area (Å²) in [4.78, 5) is 22.5. The van der Waals surface area contributed by atoms with Crippen LogP contribution in [0.2, 0.25) is 0 Å². The van der Waals surface area contributed by atoms with Crippen LogP contribution >= 0.6 is 0 Å². The molecule has 1 heterocycles. The SMILES string of the molecule is CC(=O)c1cc(=O)n(-c2ccc(S(=O)(=O)O)cc2)[nH]1. The lowest BCUT2D eigenvalue weighted by atomic mass is 10.3. The molecule has 19 heavy (non-hydrogen) atoms. The van der Waals surface area contributed by atoms with E-state index in [0.717, 1.165) is 22.9 Å². The van der Waals surface area contributed by atoms with Gasteiger partial charge in [0.1, 0.15) is 5.69 Å². The summed E-state index contributed by atoms with van der Waals surface area (Å²) in [7, 11) is -4.27. The van der Waals surface area contributed by atoms with Crippen LogP contribution in [0.4, 0.5) is 0 Å². The molecule has 0 bridgehead atoms. The highest BCUT2D eigenvalue weighted by molar-refractivity contribution is 7.85. The van der Waals surface area contributed by atoms with Crippen molar-refractivity contribution in [2.45, 2.75) is 11.8 Å². The third-order valence-electron chi connectivity index (χ3n) is 2.49. The number of carbonyl (C=O) groups excluding carboxylic acids is 1. The van der Waals surface area contributed by atoms with E-state index in [1.165, 1.54) is 19.1 Å². The number of H-pyrrole nitrogens is 1. The second-order valence-corrected chi connectivity index (χ2v) is 5.29. The van der Waals surface area contributed by atoms with Crippen LogP contribution in [0.25, 0.3) is 5.69 Å². The van der Waals surface area contributed by atoms with Crippen molar-refractivity contribution in [1.82, 2.24) is 9.78 Å². The summed E-state index contributed by atoms with van der Waals surface area (Å²) in [5, 5.41) is 2.60. The summed E-state index contributed by atoms with van der Waals surface area (Å²) in [6.07, 6.45) is 0. The molecule has 0 fully saturated rings. The maximum absolute atomic E-state index is 11.6. The summed E-state index contributed by atoms with van der Waals surface area (Å²) >= 11 is 0. The van der Waals surface area contributed by atoms with Gasteiger partial charge < -0.3 is 0 Å². The molecule has 0 aliphatic carbocycles. The molecule has 0 saturated heterocycles. The zero-order valence-electron chi connectivity index (χ0n) is 9.82. The molecule has 0 aliphatic rings. The standard InChI is InChI=1S/C11H10N2O5S/c1-7(14)10-6-11(15)13(12-10)8-2-4-9(5-3-8)19(16,17)18/h2-6,12H,1H3,(H,16,17,18). The average molecular weight is 282 g/mol. The predicted molar refractivity (Wildman–Crippen MR) is 66.2 cm³/mol. The Kier molecular flexibility index (Phi) is 3.13. The number of nitrogens with zero attached hydrogens (tertiary/aromatic N) is 1. The van der Waals surface area contributed by atoms with Gasteiger partial charge in [-0.05, 0) is 24.3 Å². The average Bonchev–Trinajstić information content (AvgIpc) is 2.70. The first-order valence-corrected chi connectivity index (χ1v) is 6.64. The van der Waals surface area contributed by atoms with Crippen LogP contribution in [-0.4, -0.2) is 28.5 Å². The highest BCUT2D eigenvalue weighted by Gasteiger charge is 2.11. The first kappa shape index (κ1) is 13.2. The summed E-state index contributed by atoms with van der Waals surface area (Å²) < 4.78 is 31.7. The number of aromatic nitrogens is 2. The highest BCUT2D eigenvalue weighted by Crippen LogP contribution is 2.12. The van der Waals surface area contributed by atoms with Crippen LogP contribution in [0.5, 0.6) is 0 Å². The van der Waals surface area contributed by atoms with E-state index in [1.807, 2.05) is 0 Å². The van der Waals surface area contributed by atoms with Crippen LogP contribution in [0.15, 0.2) is 40.0 Å². The first-order valence-electron chi connectivity index (χ1n) is 5.20. The van der Waals surface area contributed by atoms with Crippen molar-refractivity contribution in [3.63, 3.8) is 0 Å². The zero-order chi connectivity index (χ0) is 14.2. The Morgan fingerprint density at radius 2 is 1.84 bits per heavy atom. The molecule has 0 radical (unpaired) electrons. The predicted octanol–water partition coefficient (Wildman–Crippen LogP) is 0.615. The van der Waals surface area contributed by atoms with Crippen molar-refractivity contribution >= 4 is 15.9 Å². The number of ketones is 1. The van der Waals surface area contributed by atoms with Gasteiger partial charge in [-0.2, -0.15) is 8.42 Å². The Morgan fingerprint density at radius 1 is 1.26 bits per heavy atom. The van der Waals surface area contributed by atoms with Crippen LogP contribution in [0.1, 0.15) is 17.4 Å². The normalized spacial score (nSPS) is 11.5. The molecule has 1 aromatic carbocycles. The van der Waals surface area contributed by atoms with E-state index in [4.69, 9.17) is 4.55 Å². The highest BCUT2D eigenvalue weighted by atomic mass is 32.2. The van der Waals surface area contributed by atoms with Crippen molar-refractivity contribution in [3.8, 4) is 5.69 Å². The van der Waals surface area contributed by atoms with Crippen LogP contribution < -0.4 is 5.56 Å². The number of aromatic amines is 1. The third-order valence-corrected chi connectivity index (χ3v) is 3.36. The molecule has 2 aromatic rings. The second kappa shape index (κ2) is 4.48. The second-order valence-electron chi connectivity index (χ2n) is 3.87. The summed E-state index contributed by atoms with van der Waals surface area (Å²) in [6.45, 7) is 1.32. The van der Waals surface area contributed by atoms with Crippen molar-refractivity contribution in [1.29, 1.82) is 0 Å². The maximum Gasteiger partial charge on any atom is 0.294 e. The number of benzene rings is 1. The first-order chi connectivity index (χ1) is 8.79. The van der Waals surface area contributed by atoms with E-state index in [0.29, 0.717) is 5.69 Å². The van der Waals surface area contributed by atoms with Crippen molar-refractivity contribution in [3.05, 3.63) is 46.4 Å². The number of nitrogens with one attached hydrogen (secondary N) is 1. The van der Waals surface area contributed by atoms with E-state index in [1.54, 1.807) is 0 Å². The Balaban J connectivity index is 2.49. The molecule has 100 valence electrons. The fraction of sp³-hybridized carbons (Fsp3) is 0.0909. The van der Waals surface area contributed by atoms with Crippen molar-refractivity contribution in [2.75, 3.05) is 0 Å². The molecule has 2 N–H and O–H groups in total. The van der Waals surface area contributed by atoms with E-state index in [2.05, 4.69) is 5.10 Å². The van der Waals surface area contributed by atoms with Gasteiger partial charge in [0.15, 0.2) is 5.78 Å². The number of hydrogen-bond donors (Lipinski definition) is 2. The van der Waals surface area contributed by atoms with Gasteiger partial charge in [-0.25, -0.2) is 4.68 Å². The lowest BCUT2D eigenvalue weighted by Crippen LogP contribution is -2.13. The number of hydrogen-bond acceptors (Lipinski definition) is 4. The van der Waals surface area contributed by atoms with Crippen LogP contribution in [0, 0.1) is 0 Å². The molecule has 0 amide bonds. The number of rotatable bonds is 3. The molecule has 0 aliphatic heterocycles. The Labute approximate surface area is 108 Å². The minimum atomic E-state index is -4.27. The molecule has 1 aromatic heterocycles. The molecule has 0 saturated carbocycles. The van der Waals surface area contributed by atoms with Gasteiger partial charge >= 0.3 is 0 Å². The smallest absolute Gasteiger partial charge is 0.293 e. The lowest BCUT2D eigenvalue weighted by molar-refractivity contribution is 0.101. The summed E-state index contributed by atoms with van der Waals surface area (Å²) in [6, 6.07) is 6.14. The maximum atomic E-state index is 11.6. The van der Waals surface area contributed by atoms with E-state index in [9.17, 15) is 18.0 Å². The minimum absolute atomic E-state index is 0.156. The van der Waals surface area contributed by atoms with E-state index < -0.39 is 15.7 Å². The van der Waals surface area contributed by atoms with Gasteiger partial charge in [0.2, 0.25) is 0 Å². The largest absolute Gasteiger partial charge is 0.294 e. The van der Waals surface area contributed by atoms with Gasteiger partial charge in [-0.3, -0.25) is 19.2 Å². The van der Waals surface area contributed by atoms with Crippen LogP contribution in [0.3, 0.4) is 0 Å². The molecule has 2 rings (SSSR count). The number of Topliss-reactive ketones (excluding diaryl/α,β-unsaturated/α-hetero) is 1. The molecule has 0 spiro atoms.